The number of carbonyl (C=O) groups is 1. The molecule has 37 heavy (non-hydrogen) atoms. The molecule has 0 aliphatic carbocycles. The Morgan fingerprint density at radius 1 is 1.16 bits per heavy atom. The third-order valence-electron chi connectivity index (χ3n) is 5.73. The number of aliphatic imine (C=N–C) groups is 1. The van der Waals surface area contributed by atoms with E-state index in [0.29, 0.717) is 40.0 Å². The summed E-state index contributed by atoms with van der Waals surface area (Å²) in [7, 11) is 5.51. The predicted molar refractivity (Wildman–Crippen MR) is 158 cm³/mol. The highest BCUT2D eigenvalue weighted by Crippen LogP contribution is 2.49. The monoisotopic (exact) mass is 603 g/mol. The summed E-state index contributed by atoms with van der Waals surface area (Å²) in [6.07, 6.45) is 2.56. The van der Waals surface area contributed by atoms with Crippen molar-refractivity contribution in [2.24, 2.45) is 4.99 Å². The molecule has 6 nitrogen and oxygen atoms in total. The normalized spacial score (nSPS) is 16.4. The van der Waals surface area contributed by atoms with Gasteiger partial charge < -0.3 is 19.3 Å². The molecule has 0 aromatic heterocycles. The number of fused-ring (bicyclic) bond motifs is 1. The van der Waals surface area contributed by atoms with E-state index in [2.05, 4.69) is 0 Å². The van der Waals surface area contributed by atoms with Gasteiger partial charge in [0.15, 0.2) is 5.17 Å². The number of amidine groups is 1. The molecule has 200 valence electrons. The first-order chi connectivity index (χ1) is 16.8. The quantitative estimate of drug-likeness (QED) is 0.300. The first-order valence-corrected chi connectivity index (χ1v) is 12.8. The zero-order chi connectivity index (χ0) is 25.1. The molecule has 2 aliphatic heterocycles. The van der Waals surface area contributed by atoms with E-state index in [-0.39, 0.29) is 37.4 Å². The number of methoxy groups -OCH3 is 1. The van der Waals surface area contributed by atoms with Crippen LogP contribution in [0.1, 0.15) is 30.5 Å². The average Bonchev–Trinajstić information content (AvgIpc) is 3.25. The fraction of sp³-hybridized carbons (Fsp3) is 0.308. The molecule has 0 radical (unpaired) electrons. The molecule has 0 spiro atoms. The number of halogens is 4. The fourth-order valence-corrected chi connectivity index (χ4v) is 5.64. The number of nitrogens with zero attached hydrogens (tertiary/aromatic N) is 3. The van der Waals surface area contributed by atoms with Gasteiger partial charge >= 0.3 is 5.97 Å². The molecule has 0 amide bonds. The minimum absolute atomic E-state index is 0. The maximum absolute atomic E-state index is 13.5. The van der Waals surface area contributed by atoms with Gasteiger partial charge in [0.25, 0.3) is 0 Å². The molecule has 0 saturated heterocycles. The third-order valence-corrected chi connectivity index (χ3v) is 7.31. The first kappa shape index (κ1) is 31.3. The van der Waals surface area contributed by atoms with Gasteiger partial charge in [-0.1, -0.05) is 54.4 Å². The van der Waals surface area contributed by atoms with Crippen molar-refractivity contribution < 1.29 is 14.3 Å². The van der Waals surface area contributed by atoms with Crippen LogP contribution >= 0.6 is 59.8 Å². The zero-order valence-electron chi connectivity index (χ0n) is 20.9. The van der Waals surface area contributed by atoms with Crippen LogP contribution in [0.2, 0.25) is 10.0 Å². The van der Waals surface area contributed by atoms with Crippen LogP contribution in [0.25, 0.3) is 4.91 Å². The zero-order valence-corrected chi connectivity index (χ0v) is 24.8. The van der Waals surface area contributed by atoms with E-state index in [4.69, 9.17) is 37.7 Å². The van der Waals surface area contributed by atoms with Crippen molar-refractivity contribution in [3.63, 3.8) is 0 Å². The minimum atomic E-state index is -0.462. The largest absolute Gasteiger partial charge is 0.496 e. The summed E-state index contributed by atoms with van der Waals surface area (Å²) in [6.45, 7) is 2.91. The van der Waals surface area contributed by atoms with Crippen LogP contribution in [-0.4, -0.2) is 55.3 Å². The lowest BCUT2D eigenvalue weighted by Gasteiger charge is -2.34. The minimum Gasteiger partial charge on any atom is -0.496 e. The van der Waals surface area contributed by atoms with E-state index in [1.165, 1.54) is 11.8 Å². The molecule has 4 rings (SSSR count). The highest BCUT2D eigenvalue weighted by atomic mass is 35.5. The van der Waals surface area contributed by atoms with Crippen LogP contribution < -0.4 is 4.74 Å². The van der Waals surface area contributed by atoms with Gasteiger partial charge in [0, 0.05) is 33.8 Å². The Hall–Kier alpha value is -1.87. The van der Waals surface area contributed by atoms with Crippen LogP contribution in [0, 0.1) is 0 Å². The molecule has 0 N–H and O–H groups in total. The number of ether oxygens (including phenoxy) is 2. The Morgan fingerprint density at radius 2 is 1.89 bits per heavy atom. The summed E-state index contributed by atoms with van der Waals surface area (Å²) in [5.74, 6) is 0.308. The van der Waals surface area contributed by atoms with Crippen LogP contribution in [-0.2, 0) is 9.53 Å². The second kappa shape index (κ2) is 13.8. The summed E-state index contributed by atoms with van der Waals surface area (Å²) >= 11 is 14.1. The Kier molecular flexibility index (Phi) is 11.7. The van der Waals surface area contributed by atoms with Gasteiger partial charge in [-0.25, -0.2) is 9.79 Å². The van der Waals surface area contributed by atoms with Crippen molar-refractivity contribution in [3.8, 4) is 5.75 Å². The number of thioether (sulfide) groups is 1. The van der Waals surface area contributed by atoms with Crippen molar-refractivity contribution in [1.29, 1.82) is 0 Å². The lowest BCUT2D eigenvalue weighted by Crippen LogP contribution is -2.35. The van der Waals surface area contributed by atoms with Gasteiger partial charge in [0.2, 0.25) is 0 Å². The van der Waals surface area contributed by atoms with Crippen molar-refractivity contribution in [2.75, 3.05) is 34.4 Å². The van der Waals surface area contributed by atoms with Gasteiger partial charge in [-0.2, -0.15) is 0 Å². The molecule has 0 fully saturated rings. The summed E-state index contributed by atoms with van der Waals surface area (Å²) in [5.41, 5.74) is 2.92. The third kappa shape index (κ3) is 6.77. The second-order valence-corrected chi connectivity index (χ2v) is 10.2. The number of carbonyl (C=O) groups excluding carboxylic acids is 1. The van der Waals surface area contributed by atoms with Gasteiger partial charge in [-0.15, -0.1) is 24.8 Å². The van der Waals surface area contributed by atoms with Gasteiger partial charge in [-0.05, 0) is 50.5 Å². The van der Waals surface area contributed by atoms with Crippen molar-refractivity contribution in [2.45, 2.75) is 19.4 Å². The Bertz CT molecular complexity index is 1230. The molecule has 0 bridgehead atoms. The summed E-state index contributed by atoms with van der Waals surface area (Å²) in [6, 6.07) is 12.7. The van der Waals surface area contributed by atoms with Crippen LogP contribution in [0.3, 0.4) is 0 Å². The first-order valence-electron chi connectivity index (χ1n) is 11.2. The van der Waals surface area contributed by atoms with E-state index in [0.717, 1.165) is 21.2 Å². The number of hydrogen-bond acceptors (Lipinski definition) is 7. The predicted octanol–water partition coefficient (Wildman–Crippen LogP) is 7.07. The van der Waals surface area contributed by atoms with Crippen LogP contribution in [0.15, 0.2) is 64.9 Å². The van der Waals surface area contributed by atoms with E-state index >= 15 is 0 Å². The van der Waals surface area contributed by atoms with Crippen molar-refractivity contribution in [1.82, 2.24) is 9.80 Å². The van der Waals surface area contributed by atoms with Gasteiger partial charge in [0.05, 0.1) is 29.4 Å². The van der Waals surface area contributed by atoms with Crippen LogP contribution in [0.4, 0.5) is 0 Å². The summed E-state index contributed by atoms with van der Waals surface area (Å²) in [4.78, 5) is 23.2. The number of benzene rings is 2. The molecule has 2 aromatic rings. The standard InChI is InChI=1S/C26H27Cl2N3O3S.2ClH/c1-5-20-23(25(32)34-13-12-30(2)3)24(18-8-6-7-9-21(18)33-4)31-15-22(35-26(31)29-20)17-11-10-16(27)14-19(17)28;;/h6-11,14-15,24H,5,12-13H2,1-4H3;2*1H. The highest BCUT2D eigenvalue weighted by molar-refractivity contribution is 8.22. The van der Waals surface area contributed by atoms with Crippen LogP contribution in [0.5, 0.6) is 5.75 Å². The number of esters is 1. The molecule has 2 heterocycles. The molecule has 2 aliphatic rings. The van der Waals surface area contributed by atoms with E-state index < -0.39 is 6.04 Å². The Balaban J connectivity index is 0.00000241. The second-order valence-electron chi connectivity index (χ2n) is 8.32. The summed E-state index contributed by atoms with van der Waals surface area (Å²) in [5, 5.41) is 1.89. The van der Waals surface area contributed by atoms with Crippen molar-refractivity contribution >= 4 is 75.8 Å². The maximum atomic E-state index is 13.5. The number of allylic oxidation sites excluding steroid dienone is 1. The number of rotatable bonds is 8. The lowest BCUT2D eigenvalue weighted by molar-refractivity contribution is -0.140. The highest BCUT2D eigenvalue weighted by Gasteiger charge is 2.41. The Morgan fingerprint density at radius 3 is 2.54 bits per heavy atom. The molecular weight excluding hydrogens is 576 g/mol. The molecule has 1 atom stereocenters. The number of likely N-dealkylation sites (N-methyl/N-ethyl adjacent to an activating group) is 1. The van der Waals surface area contributed by atoms with E-state index in [1.54, 1.807) is 13.2 Å². The van der Waals surface area contributed by atoms with Gasteiger partial charge in [0.1, 0.15) is 12.4 Å². The maximum Gasteiger partial charge on any atom is 0.338 e. The van der Waals surface area contributed by atoms with Gasteiger partial charge in [-0.3, -0.25) is 0 Å². The number of para-hydroxylation sites is 1. The van der Waals surface area contributed by atoms with Crippen molar-refractivity contribution in [3.05, 3.63) is 81.1 Å². The topological polar surface area (TPSA) is 54.4 Å². The Labute approximate surface area is 244 Å². The average molecular weight is 605 g/mol. The molecule has 2 aromatic carbocycles. The van der Waals surface area contributed by atoms with E-state index in [1.807, 2.05) is 73.4 Å². The van der Waals surface area contributed by atoms with E-state index in [9.17, 15) is 4.79 Å². The number of hydrogen-bond donors (Lipinski definition) is 0. The molecule has 0 saturated carbocycles. The summed E-state index contributed by atoms with van der Waals surface area (Å²) < 4.78 is 11.4. The molecule has 1 unspecified atom stereocenters. The molecule has 11 heteroatoms. The smallest absolute Gasteiger partial charge is 0.338 e. The SMILES string of the molecule is CCC1=C(C(=O)OCCN(C)C)C(c2ccccc2OC)N2C=C(c3ccc(Cl)cc3Cl)SC2=N1.Cl.Cl. The molecular formula is C26H29Cl4N3O3S. The fourth-order valence-electron chi connectivity index (χ4n) is 4.01. The lowest BCUT2D eigenvalue weighted by atomic mass is 9.93.